The van der Waals surface area contributed by atoms with Crippen LogP contribution >= 0.6 is 11.6 Å². The number of hydrogen-bond donors (Lipinski definition) is 0. The van der Waals surface area contributed by atoms with E-state index in [1.807, 2.05) is 24.3 Å². The molecule has 0 aromatic heterocycles. The Morgan fingerprint density at radius 3 is 2.80 bits per heavy atom. The van der Waals surface area contributed by atoms with E-state index in [9.17, 15) is 0 Å². The van der Waals surface area contributed by atoms with Crippen molar-refractivity contribution in [2.45, 2.75) is 6.42 Å². The summed E-state index contributed by atoms with van der Waals surface area (Å²) in [6, 6.07) is 5.94. The van der Waals surface area contributed by atoms with E-state index in [0.29, 0.717) is 19.1 Å². The van der Waals surface area contributed by atoms with Crippen molar-refractivity contribution in [2.24, 2.45) is 0 Å². The van der Waals surface area contributed by atoms with E-state index in [1.165, 1.54) is 0 Å². The van der Waals surface area contributed by atoms with Gasteiger partial charge < -0.3 is 9.47 Å². The summed E-state index contributed by atoms with van der Waals surface area (Å²) in [4.78, 5) is 0. The smallest absolute Gasteiger partial charge is 0.161 e. The van der Waals surface area contributed by atoms with Gasteiger partial charge in [-0.15, -0.1) is 11.6 Å². The van der Waals surface area contributed by atoms with Crippen molar-refractivity contribution >= 4 is 17.7 Å². The van der Waals surface area contributed by atoms with E-state index in [2.05, 4.69) is 6.08 Å². The van der Waals surface area contributed by atoms with E-state index < -0.39 is 0 Å². The van der Waals surface area contributed by atoms with Crippen molar-refractivity contribution < 1.29 is 9.47 Å². The summed E-state index contributed by atoms with van der Waals surface area (Å²) in [5, 5.41) is 0. The van der Waals surface area contributed by atoms with Gasteiger partial charge in [-0.05, 0) is 24.1 Å². The Hall–Kier alpha value is -1.15. The van der Waals surface area contributed by atoms with Gasteiger partial charge in [0, 0.05) is 5.88 Å². The average molecular weight is 225 g/mol. The Labute approximate surface area is 94.5 Å². The van der Waals surface area contributed by atoms with Crippen LogP contribution in [0, 0.1) is 0 Å². The SMILES string of the molecule is ClCC/C=C/c1ccc2c(c1)OCCO2. The van der Waals surface area contributed by atoms with Crippen LogP contribution in [0.3, 0.4) is 0 Å². The monoisotopic (exact) mass is 224 g/mol. The second kappa shape index (κ2) is 5.08. The molecule has 0 N–H and O–H groups in total. The third kappa shape index (κ3) is 2.66. The molecule has 3 heteroatoms. The molecule has 0 radical (unpaired) electrons. The number of ether oxygens (including phenoxy) is 2. The first-order valence-electron chi connectivity index (χ1n) is 5.02. The summed E-state index contributed by atoms with van der Waals surface area (Å²) in [5.74, 6) is 2.31. The molecule has 0 saturated carbocycles. The molecule has 0 amide bonds. The highest BCUT2D eigenvalue weighted by atomic mass is 35.5. The molecule has 0 spiro atoms. The van der Waals surface area contributed by atoms with Crippen LogP contribution in [-0.2, 0) is 0 Å². The van der Waals surface area contributed by atoms with Gasteiger partial charge in [0.15, 0.2) is 11.5 Å². The second-order valence-corrected chi connectivity index (χ2v) is 3.66. The Balaban J connectivity index is 2.13. The number of rotatable bonds is 3. The highest BCUT2D eigenvalue weighted by Gasteiger charge is 2.10. The molecular weight excluding hydrogens is 212 g/mol. The van der Waals surface area contributed by atoms with Crippen LogP contribution in [0.4, 0.5) is 0 Å². The minimum absolute atomic E-state index is 0.627. The van der Waals surface area contributed by atoms with Crippen LogP contribution in [0.15, 0.2) is 24.3 Å². The highest BCUT2D eigenvalue weighted by molar-refractivity contribution is 6.17. The third-order valence-electron chi connectivity index (χ3n) is 2.15. The average Bonchev–Trinajstić information content (AvgIpc) is 2.29. The van der Waals surface area contributed by atoms with Crippen molar-refractivity contribution in [3.8, 4) is 11.5 Å². The van der Waals surface area contributed by atoms with Crippen molar-refractivity contribution in [3.05, 3.63) is 29.8 Å². The van der Waals surface area contributed by atoms with Gasteiger partial charge in [0.2, 0.25) is 0 Å². The molecule has 0 saturated heterocycles. The summed E-state index contributed by atoms with van der Waals surface area (Å²) in [6.45, 7) is 1.26. The molecule has 0 aliphatic carbocycles. The van der Waals surface area contributed by atoms with Gasteiger partial charge in [-0.3, -0.25) is 0 Å². The highest BCUT2D eigenvalue weighted by Crippen LogP contribution is 2.31. The minimum Gasteiger partial charge on any atom is -0.486 e. The number of hydrogen-bond acceptors (Lipinski definition) is 2. The third-order valence-corrected chi connectivity index (χ3v) is 2.37. The summed E-state index contributed by atoms with van der Waals surface area (Å²) in [6.07, 6.45) is 4.98. The molecule has 0 fully saturated rings. The lowest BCUT2D eigenvalue weighted by molar-refractivity contribution is 0.171. The molecule has 1 aromatic rings. The quantitative estimate of drug-likeness (QED) is 0.735. The number of fused-ring (bicyclic) bond motifs is 1. The minimum atomic E-state index is 0.627. The predicted molar refractivity (Wildman–Crippen MR) is 61.8 cm³/mol. The first kappa shape index (κ1) is 10.4. The van der Waals surface area contributed by atoms with E-state index in [0.717, 1.165) is 23.5 Å². The first-order valence-corrected chi connectivity index (χ1v) is 5.56. The standard InChI is InChI=1S/C12H13ClO2/c13-6-2-1-3-10-4-5-11-12(9-10)15-8-7-14-11/h1,3-5,9H,2,6-8H2/b3-1+. The zero-order valence-corrected chi connectivity index (χ0v) is 9.17. The number of halogens is 1. The molecule has 80 valence electrons. The Morgan fingerprint density at radius 1 is 1.20 bits per heavy atom. The molecule has 0 unspecified atom stereocenters. The maximum absolute atomic E-state index is 5.59. The number of allylic oxidation sites excluding steroid dienone is 1. The van der Waals surface area contributed by atoms with Crippen LogP contribution in [0.2, 0.25) is 0 Å². The van der Waals surface area contributed by atoms with E-state index >= 15 is 0 Å². The lowest BCUT2D eigenvalue weighted by Gasteiger charge is -2.18. The van der Waals surface area contributed by atoms with Gasteiger partial charge in [-0.2, -0.15) is 0 Å². The topological polar surface area (TPSA) is 18.5 Å². The summed E-state index contributed by atoms with van der Waals surface area (Å²) >= 11 is 5.59. The summed E-state index contributed by atoms with van der Waals surface area (Å²) < 4.78 is 10.9. The van der Waals surface area contributed by atoms with Crippen molar-refractivity contribution in [3.63, 3.8) is 0 Å². The molecule has 2 nitrogen and oxygen atoms in total. The van der Waals surface area contributed by atoms with Crippen molar-refractivity contribution in [1.29, 1.82) is 0 Å². The molecule has 2 rings (SSSR count). The fourth-order valence-electron chi connectivity index (χ4n) is 1.45. The van der Waals surface area contributed by atoms with Crippen molar-refractivity contribution in [2.75, 3.05) is 19.1 Å². The van der Waals surface area contributed by atoms with Crippen molar-refractivity contribution in [1.82, 2.24) is 0 Å². The van der Waals surface area contributed by atoms with Gasteiger partial charge in [0.05, 0.1) is 0 Å². The number of benzene rings is 1. The van der Waals surface area contributed by atoms with Crippen LogP contribution in [0.1, 0.15) is 12.0 Å². The Kier molecular flexibility index (Phi) is 3.51. The molecule has 0 bridgehead atoms. The normalized spacial score (nSPS) is 14.5. The van der Waals surface area contributed by atoms with E-state index in [1.54, 1.807) is 0 Å². The first-order chi connectivity index (χ1) is 7.40. The number of alkyl halides is 1. The lowest BCUT2D eigenvalue weighted by Crippen LogP contribution is -2.15. The van der Waals surface area contributed by atoms with E-state index in [-0.39, 0.29) is 0 Å². The molecule has 0 atom stereocenters. The molecular formula is C12H13ClO2. The molecule has 15 heavy (non-hydrogen) atoms. The largest absolute Gasteiger partial charge is 0.486 e. The Morgan fingerprint density at radius 2 is 2.00 bits per heavy atom. The molecule has 1 aliphatic rings. The molecule has 1 aliphatic heterocycles. The maximum atomic E-state index is 5.59. The van der Waals surface area contributed by atoms with Crippen LogP contribution in [-0.4, -0.2) is 19.1 Å². The summed E-state index contributed by atoms with van der Waals surface area (Å²) in [7, 11) is 0. The molecule has 1 aromatic carbocycles. The van der Waals surface area contributed by atoms with E-state index in [4.69, 9.17) is 21.1 Å². The molecule has 1 heterocycles. The van der Waals surface area contributed by atoms with Crippen LogP contribution < -0.4 is 9.47 Å². The maximum Gasteiger partial charge on any atom is 0.161 e. The zero-order chi connectivity index (χ0) is 10.5. The Bertz CT molecular complexity index is 361. The van der Waals surface area contributed by atoms with Gasteiger partial charge in [-0.25, -0.2) is 0 Å². The van der Waals surface area contributed by atoms with Gasteiger partial charge in [-0.1, -0.05) is 18.2 Å². The van der Waals surface area contributed by atoms with Crippen LogP contribution in [0.5, 0.6) is 11.5 Å². The van der Waals surface area contributed by atoms with Gasteiger partial charge >= 0.3 is 0 Å². The summed E-state index contributed by atoms with van der Waals surface area (Å²) in [5.41, 5.74) is 1.12. The fourth-order valence-corrected chi connectivity index (χ4v) is 1.57. The lowest BCUT2D eigenvalue weighted by atomic mass is 10.1. The predicted octanol–water partition coefficient (Wildman–Crippen LogP) is 3.10. The fraction of sp³-hybridized carbons (Fsp3) is 0.333. The zero-order valence-electron chi connectivity index (χ0n) is 8.41. The van der Waals surface area contributed by atoms with Gasteiger partial charge in [0.25, 0.3) is 0 Å². The van der Waals surface area contributed by atoms with Crippen LogP contribution in [0.25, 0.3) is 6.08 Å². The van der Waals surface area contributed by atoms with Gasteiger partial charge in [0.1, 0.15) is 13.2 Å². The second-order valence-electron chi connectivity index (χ2n) is 3.28.